The van der Waals surface area contributed by atoms with E-state index in [0.717, 1.165) is 41.7 Å². The molecule has 3 aliphatic heterocycles. The van der Waals surface area contributed by atoms with Crippen LogP contribution >= 0.6 is 0 Å². The van der Waals surface area contributed by atoms with Crippen molar-refractivity contribution in [2.45, 2.75) is 162 Å². The van der Waals surface area contributed by atoms with Gasteiger partial charge in [0.25, 0.3) is 0 Å². The van der Waals surface area contributed by atoms with Gasteiger partial charge in [0.15, 0.2) is 0 Å². The third kappa shape index (κ3) is 15.1. The van der Waals surface area contributed by atoms with E-state index >= 15 is 0 Å². The van der Waals surface area contributed by atoms with Gasteiger partial charge in [0.1, 0.15) is 0 Å². The summed E-state index contributed by atoms with van der Waals surface area (Å²) in [6, 6.07) is 1.50. The smallest absolute Gasteiger partial charge is 0.0125 e. The van der Waals surface area contributed by atoms with Gasteiger partial charge in [-0.25, -0.2) is 0 Å². The lowest BCUT2D eigenvalue weighted by Crippen LogP contribution is -2.40. The van der Waals surface area contributed by atoms with Crippen LogP contribution in [0.1, 0.15) is 144 Å². The number of piperidine rings is 2. The average molecular weight is 554 g/mol. The van der Waals surface area contributed by atoms with E-state index in [1.54, 1.807) is 0 Å². The summed E-state index contributed by atoms with van der Waals surface area (Å²) in [5.41, 5.74) is 0.847. The lowest BCUT2D eigenvalue weighted by molar-refractivity contribution is 0.129. The summed E-state index contributed by atoms with van der Waals surface area (Å²) >= 11 is 0. The van der Waals surface area contributed by atoms with E-state index in [-0.39, 0.29) is 14.9 Å². The van der Waals surface area contributed by atoms with Crippen molar-refractivity contribution in [3.05, 3.63) is 0 Å². The molecule has 0 spiro atoms. The molecule has 3 nitrogen and oxygen atoms in total. The average Bonchev–Trinajstić information content (AvgIpc) is 3.32. The van der Waals surface area contributed by atoms with Gasteiger partial charge in [0, 0.05) is 24.2 Å². The third-order valence-corrected chi connectivity index (χ3v) is 9.86. The van der Waals surface area contributed by atoms with Crippen molar-refractivity contribution in [3.8, 4) is 0 Å². The zero-order valence-electron chi connectivity index (χ0n) is 28.2. The van der Waals surface area contributed by atoms with Crippen LogP contribution in [0.25, 0.3) is 0 Å². The summed E-state index contributed by atoms with van der Waals surface area (Å²) < 4.78 is 0. The standard InChI is InChI=1S/C12H25N.2C11H23N.2CH4/c1-11(2,3)10-7-8-13(9-10)12(4,5)6;2*1-9(2)11-5-7-12(8-6-11)10(3)4;;/h10H,7-9H2,1-6H3;2*9-11H,5-8H2,1-4H3;2*1H4. The molecular weight excluding hydrogens is 474 g/mol. The second-order valence-electron chi connectivity index (χ2n) is 15.9. The minimum absolute atomic E-state index is 0. The van der Waals surface area contributed by atoms with Gasteiger partial charge in [0.2, 0.25) is 0 Å². The van der Waals surface area contributed by atoms with Crippen LogP contribution in [0.2, 0.25) is 0 Å². The Hall–Kier alpha value is -0.120. The van der Waals surface area contributed by atoms with Gasteiger partial charge >= 0.3 is 0 Å². The predicted octanol–water partition coefficient (Wildman–Crippen LogP) is 9.95. The van der Waals surface area contributed by atoms with E-state index in [9.17, 15) is 0 Å². The molecule has 1 atom stereocenters. The fraction of sp³-hybridized carbons (Fsp3) is 1.00. The quantitative estimate of drug-likeness (QED) is 0.343. The number of hydrogen-bond donors (Lipinski definition) is 0. The van der Waals surface area contributed by atoms with Crippen LogP contribution in [0.15, 0.2) is 0 Å². The second-order valence-corrected chi connectivity index (χ2v) is 15.9. The highest BCUT2D eigenvalue weighted by atomic mass is 15.2. The third-order valence-electron chi connectivity index (χ3n) is 9.86. The van der Waals surface area contributed by atoms with Crippen molar-refractivity contribution in [2.24, 2.45) is 35.0 Å². The van der Waals surface area contributed by atoms with Crippen LogP contribution in [0.5, 0.6) is 0 Å². The second kappa shape index (κ2) is 18.4. The molecule has 238 valence electrons. The van der Waals surface area contributed by atoms with Crippen LogP contribution in [-0.4, -0.2) is 71.6 Å². The lowest BCUT2D eigenvalue weighted by Gasteiger charge is -2.36. The molecule has 0 aromatic carbocycles. The fourth-order valence-corrected chi connectivity index (χ4v) is 6.28. The number of hydrogen-bond acceptors (Lipinski definition) is 3. The van der Waals surface area contributed by atoms with E-state index in [1.807, 2.05) is 0 Å². The van der Waals surface area contributed by atoms with Crippen molar-refractivity contribution >= 4 is 0 Å². The molecule has 1 unspecified atom stereocenters. The molecule has 0 amide bonds. The Kier molecular flexibility index (Phi) is 19.4. The molecule has 3 fully saturated rings. The first-order valence-electron chi connectivity index (χ1n) is 16.2. The zero-order chi connectivity index (χ0) is 28.6. The fourth-order valence-electron chi connectivity index (χ4n) is 6.28. The molecule has 3 saturated heterocycles. The maximum Gasteiger partial charge on any atom is 0.0125 e. The van der Waals surface area contributed by atoms with Crippen molar-refractivity contribution in [2.75, 3.05) is 39.3 Å². The minimum Gasteiger partial charge on any atom is -0.301 e. The Bertz CT molecular complexity index is 495. The Morgan fingerprint density at radius 2 is 0.846 bits per heavy atom. The first-order chi connectivity index (χ1) is 16.9. The van der Waals surface area contributed by atoms with Crippen LogP contribution in [0.4, 0.5) is 0 Å². The molecule has 3 heterocycles. The zero-order valence-corrected chi connectivity index (χ0v) is 28.2. The maximum atomic E-state index is 2.61. The van der Waals surface area contributed by atoms with Crippen LogP contribution < -0.4 is 0 Å². The lowest BCUT2D eigenvalue weighted by atomic mass is 9.80. The molecule has 0 saturated carbocycles. The first kappa shape index (κ1) is 41.0. The molecule has 0 radical (unpaired) electrons. The van der Waals surface area contributed by atoms with Crippen molar-refractivity contribution in [1.82, 2.24) is 14.7 Å². The van der Waals surface area contributed by atoms with Gasteiger partial charge in [-0.3, -0.25) is 4.90 Å². The molecule has 0 aliphatic carbocycles. The van der Waals surface area contributed by atoms with Crippen LogP contribution in [-0.2, 0) is 0 Å². The molecule has 0 N–H and O–H groups in total. The highest BCUT2D eigenvalue weighted by Crippen LogP contribution is 2.36. The maximum absolute atomic E-state index is 2.61. The van der Waals surface area contributed by atoms with Gasteiger partial charge in [-0.05, 0) is 148 Å². The summed E-state index contributed by atoms with van der Waals surface area (Å²) in [5.74, 6) is 4.63. The predicted molar refractivity (Wildman–Crippen MR) is 181 cm³/mol. The molecule has 3 aliphatic rings. The van der Waals surface area contributed by atoms with E-state index < -0.39 is 0 Å². The monoisotopic (exact) mass is 554 g/mol. The minimum atomic E-state index is 0. The molecule has 0 bridgehead atoms. The normalized spacial score (nSPS) is 22.8. The van der Waals surface area contributed by atoms with E-state index in [0.29, 0.717) is 11.0 Å². The Balaban J connectivity index is 0. The largest absolute Gasteiger partial charge is 0.301 e. The van der Waals surface area contributed by atoms with Crippen molar-refractivity contribution in [3.63, 3.8) is 0 Å². The van der Waals surface area contributed by atoms with Crippen molar-refractivity contribution in [1.29, 1.82) is 0 Å². The van der Waals surface area contributed by atoms with Gasteiger partial charge < -0.3 is 9.80 Å². The Labute approximate surface area is 250 Å². The molecular formula is C36H79N3. The number of likely N-dealkylation sites (tertiary alicyclic amines) is 3. The molecule has 0 aromatic heterocycles. The van der Waals surface area contributed by atoms with E-state index in [2.05, 4.69) is 112 Å². The highest BCUT2D eigenvalue weighted by molar-refractivity contribution is 4.89. The van der Waals surface area contributed by atoms with Crippen molar-refractivity contribution < 1.29 is 0 Å². The van der Waals surface area contributed by atoms with E-state index in [4.69, 9.17) is 0 Å². The highest BCUT2D eigenvalue weighted by Gasteiger charge is 2.35. The van der Waals surface area contributed by atoms with Crippen LogP contribution in [0, 0.1) is 35.0 Å². The topological polar surface area (TPSA) is 9.72 Å². The Morgan fingerprint density at radius 3 is 1.03 bits per heavy atom. The van der Waals surface area contributed by atoms with E-state index in [1.165, 1.54) is 71.4 Å². The van der Waals surface area contributed by atoms with Gasteiger partial charge in [-0.2, -0.15) is 0 Å². The summed E-state index contributed by atoms with van der Waals surface area (Å²) in [5, 5.41) is 0. The van der Waals surface area contributed by atoms with Crippen LogP contribution in [0.3, 0.4) is 0 Å². The SMILES string of the molecule is C.C.CC(C)(C)C1CCN(C(C)(C)C)C1.CC(C)C1CCN(C(C)C)CC1.CC(C)C1CCN(C(C)C)CC1. The summed E-state index contributed by atoms with van der Waals surface area (Å²) in [4.78, 5) is 7.81. The molecule has 3 rings (SSSR count). The first-order valence-corrected chi connectivity index (χ1v) is 16.2. The summed E-state index contributed by atoms with van der Waals surface area (Å²) in [7, 11) is 0. The molecule has 0 aromatic rings. The Morgan fingerprint density at radius 1 is 0.513 bits per heavy atom. The van der Waals surface area contributed by atoms with Gasteiger partial charge in [-0.1, -0.05) is 63.3 Å². The van der Waals surface area contributed by atoms with Gasteiger partial charge in [0.05, 0.1) is 0 Å². The molecule has 3 heteroatoms. The molecule has 39 heavy (non-hydrogen) atoms. The number of nitrogens with zero attached hydrogens (tertiary/aromatic N) is 3. The summed E-state index contributed by atoms with van der Waals surface area (Å²) in [6.45, 7) is 40.5. The van der Waals surface area contributed by atoms with Gasteiger partial charge in [-0.15, -0.1) is 0 Å². The number of rotatable bonds is 4. The summed E-state index contributed by atoms with van der Waals surface area (Å²) in [6.07, 6.45) is 7.03.